The van der Waals surface area contributed by atoms with Gasteiger partial charge in [0.2, 0.25) is 0 Å². The van der Waals surface area contributed by atoms with E-state index in [4.69, 9.17) is 9.47 Å². The van der Waals surface area contributed by atoms with Crippen LogP contribution in [-0.4, -0.2) is 18.3 Å². The van der Waals surface area contributed by atoms with Gasteiger partial charge in [0.25, 0.3) is 0 Å². The molecular formula is C32H34O3. The van der Waals surface area contributed by atoms with Gasteiger partial charge in [0.05, 0.1) is 13.2 Å². The molecule has 3 heteroatoms. The summed E-state index contributed by atoms with van der Waals surface area (Å²) in [7, 11) is 0. The van der Waals surface area contributed by atoms with Crippen LogP contribution in [0.1, 0.15) is 67.0 Å². The van der Waals surface area contributed by atoms with Crippen molar-refractivity contribution in [3.05, 3.63) is 106 Å². The van der Waals surface area contributed by atoms with E-state index in [1.807, 2.05) is 60.7 Å². The van der Waals surface area contributed by atoms with Gasteiger partial charge in [-0.15, -0.1) is 11.8 Å². The van der Waals surface area contributed by atoms with Crippen molar-refractivity contribution in [1.29, 1.82) is 0 Å². The molecule has 3 aromatic rings. The highest BCUT2D eigenvalue weighted by Gasteiger charge is 2.35. The lowest BCUT2D eigenvalue weighted by molar-refractivity contribution is 0.115. The Morgan fingerprint density at radius 3 is 1.86 bits per heavy atom. The quantitative estimate of drug-likeness (QED) is 0.220. The van der Waals surface area contributed by atoms with Crippen LogP contribution in [0.15, 0.2) is 72.8 Å². The van der Waals surface area contributed by atoms with E-state index in [0.29, 0.717) is 32.3 Å². The third-order valence-electron chi connectivity index (χ3n) is 6.00. The Balaban J connectivity index is 2.03. The van der Waals surface area contributed by atoms with E-state index in [1.165, 1.54) is 5.56 Å². The number of benzene rings is 3. The molecule has 0 aliphatic rings. The summed E-state index contributed by atoms with van der Waals surface area (Å²) in [6.45, 7) is 9.51. The zero-order valence-corrected chi connectivity index (χ0v) is 21.1. The van der Waals surface area contributed by atoms with E-state index < -0.39 is 5.60 Å². The number of rotatable bonds is 10. The fourth-order valence-electron chi connectivity index (χ4n) is 4.00. The Bertz CT molecular complexity index is 1200. The Morgan fingerprint density at radius 2 is 1.29 bits per heavy atom. The largest absolute Gasteiger partial charge is 0.376 e. The van der Waals surface area contributed by atoms with Gasteiger partial charge in [0.15, 0.2) is 0 Å². The number of aliphatic hydroxyl groups is 1. The van der Waals surface area contributed by atoms with Crippen molar-refractivity contribution < 1.29 is 14.6 Å². The molecule has 0 spiro atoms. The lowest BCUT2D eigenvalue weighted by Gasteiger charge is -2.32. The lowest BCUT2D eigenvalue weighted by atomic mass is 9.78. The molecule has 0 aromatic heterocycles. The average Bonchev–Trinajstić information content (AvgIpc) is 2.89. The van der Waals surface area contributed by atoms with Crippen molar-refractivity contribution in [2.45, 2.75) is 52.4 Å². The molecule has 0 heterocycles. The van der Waals surface area contributed by atoms with Gasteiger partial charge >= 0.3 is 0 Å². The average molecular weight is 467 g/mol. The first-order valence-electron chi connectivity index (χ1n) is 12.0. The Hall–Kier alpha value is -3.34. The second-order valence-electron chi connectivity index (χ2n) is 8.68. The minimum absolute atomic E-state index is 0.351. The van der Waals surface area contributed by atoms with Crippen LogP contribution in [0.25, 0.3) is 0 Å². The predicted molar refractivity (Wildman–Crippen MR) is 142 cm³/mol. The van der Waals surface area contributed by atoms with Gasteiger partial charge in [0.1, 0.15) is 18.8 Å². The fourth-order valence-corrected chi connectivity index (χ4v) is 4.00. The summed E-state index contributed by atoms with van der Waals surface area (Å²) in [5.74, 6) is 11.9. The van der Waals surface area contributed by atoms with Crippen LogP contribution in [0.4, 0.5) is 0 Å². The molecule has 35 heavy (non-hydrogen) atoms. The standard InChI is InChI=1S/C32H34O3/c1-5-7-21-34-23-26-13-17-29(18-14-26)32(33,30-19-15-27(16-20-30)25(3)4)31-12-10-9-11-28(31)24-35-22-8-6-2/h9-20,25,33H,21-24H2,1-4H3. The summed E-state index contributed by atoms with van der Waals surface area (Å²) < 4.78 is 11.4. The molecule has 0 saturated carbocycles. The zero-order valence-electron chi connectivity index (χ0n) is 21.1. The third-order valence-corrected chi connectivity index (χ3v) is 6.00. The topological polar surface area (TPSA) is 38.7 Å². The van der Waals surface area contributed by atoms with Gasteiger partial charge in [-0.05, 0) is 53.1 Å². The van der Waals surface area contributed by atoms with E-state index in [0.717, 1.165) is 27.8 Å². The van der Waals surface area contributed by atoms with Crippen LogP contribution in [-0.2, 0) is 28.3 Å². The van der Waals surface area contributed by atoms with Crippen molar-refractivity contribution in [1.82, 2.24) is 0 Å². The number of hydrogen-bond acceptors (Lipinski definition) is 3. The van der Waals surface area contributed by atoms with E-state index >= 15 is 0 Å². The molecule has 0 aliphatic carbocycles. The van der Waals surface area contributed by atoms with Crippen molar-refractivity contribution in [3.63, 3.8) is 0 Å². The molecule has 0 amide bonds. The molecule has 1 atom stereocenters. The van der Waals surface area contributed by atoms with Crippen molar-refractivity contribution in [2.75, 3.05) is 13.2 Å². The summed E-state index contributed by atoms with van der Waals surface area (Å²) in [5.41, 5.74) is 4.22. The van der Waals surface area contributed by atoms with Crippen LogP contribution >= 0.6 is 0 Å². The molecule has 0 radical (unpaired) electrons. The number of hydrogen-bond donors (Lipinski definition) is 1. The minimum atomic E-state index is -1.35. The molecule has 0 bridgehead atoms. The Labute approximate surface area is 210 Å². The van der Waals surface area contributed by atoms with E-state index in [9.17, 15) is 5.11 Å². The van der Waals surface area contributed by atoms with Crippen LogP contribution in [0.2, 0.25) is 0 Å². The zero-order chi connectivity index (χ0) is 25.1. The maximum atomic E-state index is 12.4. The van der Waals surface area contributed by atoms with Gasteiger partial charge in [-0.1, -0.05) is 98.5 Å². The first-order chi connectivity index (χ1) is 17.0. The third kappa shape index (κ3) is 6.62. The summed E-state index contributed by atoms with van der Waals surface area (Å²) in [6.07, 6.45) is 0. The minimum Gasteiger partial charge on any atom is -0.376 e. The molecule has 3 rings (SSSR count). The summed E-state index contributed by atoms with van der Waals surface area (Å²) in [5, 5.41) is 12.4. The van der Waals surface area contributed by atoms with Crippen LogP contribution in [0.5, 0.6) is 0 Å². The van der Waals surface area contributed by atoms with Crippen molar-refractivity contribution in [3.8, 4) is 23.7 Å². The fraction of sp³-hybridized carbons (Fsp3) is 0.312. The van der Waals surface area contributed by atoms with E-state index in [-0.39, 0.29) is 0 Å². The van der Waals surface area contributed by atoms with Crippen molar-refractivity contribution >= 4 is 0 Å². The summed E-state index contributed by atoms with van der Waals surface area (Å²) in [4.78, 5) is 0. The Morgan fingerprint density at radius 1 is 0.743 bits per heavy atom. The molecule has 3 aromatic carbocycles. The SMILES string of the molecule is CC#CCOCc1ccc(C(O)(c2ccc(C(C)C)cc2)c2ccccc2COCC#CC)cc1. The highest BCUT2D eigenvalue weighted by molar-refractivity contribution is 5.50. The highest BCUT2D eigenvalue weighted by Crippen LogP contribution is 2.39. The molecule has 1 unspecified atom stereocenters. The monoisotopic (exact) mass is 466 g/mol. The normalized spacial score (nSPS) is 12.3. The number of ether oxygens (including phenoxy) is 2. The van der Waals surface area contributed by atoms with Gasteiger partial charge in [-0.2, -0.15) is 0 Å². The summed E-state index contributed by atoms with van der Waals surface area (Å²) >= 11 is 0. The lowest BCUT2D eigenvalue weighted by Crippen LogP contribution is -2.30. The molecule has 0 saturated heterocycles. The second kappa shape index (κ2) is 12.9. The first-order valence-corrected chi connectivity index (χ1v) is 12.0. The second-order valence-corrected chi connectivity index (χ2v) is 8.68. The molecule has 180 valence electrons. The van der Waals surface area contributed by atoms with Gasteiger partial charge in [-0.25, -0.2) is 0 Å². The van der Waals surface area contributed by atoms with Gasteiger partial charge < -0.3 is 14.6 Å². The van der Waals surface area contributed by atoms with Gasteiger partial charge in [-0.3, -0.25) is 0 Å². The maximum Gasteiger partial charge on any atom is 0.140 e. The van der Waals surface area contributed by atoms with E-state index in [2.05, 4.69) is 49.7 Å². The van der Waals surface area contributed by atoms with Crippen LogP contribution in [0.3, 0.4) is 0 Å². The van der Waals surface area contributed by atoms with Gasteiger partial charge in [0, 0.05) is 0 Å². The van der Waals surface area contributed by atoms with Crippen LogP contribution < -0.4 is 0 Å². The smallest absolute Gasteiger partial charge is 0.140 e. The Kier molecular flexibility index (Phi) is 9.71. The van der Waals surface area contributed by atoms with Crippen molar-refractivity contribution in [2.24, 2.45) is 0 Å². The molecule has 3 nitrogen and oxygen atoms in total. The predicted octanol–water partition coefficient (Wildman–Crippen LogP) is 6.17. The maximum absolute atomic E-state index is 12.4. The molecule has 0 fully saturated rings. The summed E-state index contributed by atoms with van der Waals surface area (Å²) in [6, 6.07) is 24.1. The van der Waals surface area contributed by atoms with Crippen LogP contribution in [0, 0.1) is 23.7 Å². The highest BCUT2D eigenvalue weighted by atomic mass is 16.5. The molecule has 0 aliphatic heterocycles. The molecular weight excluding hydrogens is 432 g/mol. The van der Waals surface area contributed by atoms with E-state index in [1.54, 1.807) is 13.8 Å². The first kappa shape index (κ1) is 26.3. The molecule has 1 N–H and O–H groups in total.